The molecule has 0 spiro atoms. The zero-order chi connectivity index (χ0) is 18.3. The summed E-state index contributed by atoms with van der Waals surface area (Å²) >= 11 is 0. The van der Waals surface area contributed by atoms with Crippen molar-refractivity contribution in [3.05, 3.63) is 23.8 Å². The first-order chi connectivity index (χ1) is 11.2. The lowest BCUT2D eigenvalue weighted by molar-refractivity contribution is -0.140. The first kappa shape index (κ1) is 19.5. The summed E-state index contributed by atoms with van der Waals surface area (Å²) in [5, 5.41) is 0. The zero-order valence-corrected chi connectivity index (χ0v) is 13.3. The summed E-state index contributed by atoms with van der Waals surface area (Å²) < 4.78 is 52.7. The van der Waals surface area contributed by atoms with Crippen molar-refractivity contribution < 1.29 is 37.0 Å². The lowest BCUT2D eigenvalue weighted by Crippen LogP contribution is -2.26. The van der Waals surface area contributed by atoms with Gasteiger partial charge < -0.3 is 14.2 Å². The molecule has 0 saturated heterocycles. The number of esters is 2. The Bertz CT molecular complexity index is 640. The van der Waals surface area contributed by atoms with Crippen molar-refractivity contribution in [3.8, 4) is 5.75 Å². The van der Waals surface area contributed by atoms with Crippen molar-refractivity contribution in [2.45, 2.75) is 19.0 Å². The Kier molecular flexibility index (Phi) is 6.75. The van der Waals surface area contributed by atoms with E-state index >= 15 is 0 Å². The fourth-order valence-corrected chi connectivity index (χ4v) is 1.72. The van der Waals surface area contributed by atoms with Gasteiger partial charge in [-0.25, -0.2) is 4.99 Å². The number of hydrogen-bond donors (Lipinski definition) is 0. The Balaban J connectivity index is 3.21. The van der Waals surface area contributed by atoms with Crippen molar-refractivity contribution in [1.29, 1.82) is 0 Å². The minimum atomic E-state index is -4.80. The van der Waals surface area contributed by atoms with Gasteiger partial charge in [0, 0.05) is 0 Å². The van der Waals surface area contributed by atoms with Crippen LogP contribution in [-0.4, -0.2) is 45.2 Å². The molecule has 0 aliphatic carbocycles. The number of alkyl halides is 3. The van der Waals surface area contributed by atoms with E-state index in [-0.39, 0.29) is 17.9 Å². The molecule has 0 aliphatic heterocycles. The molecule has 0 unspecified atom stereocenters. The standard InChI is InChI=1S/C15H16F3NO5/c1-22-11-6-9(7-13(20)23-2)4-5-10(11)19-12(15(16,17)18)8-14(21)24-3/h4-6H,7-8H2,1-3H3. The fraction of sp³-hybridized carbons (Fsp3) is 0.400. The molecule has 24 heavy (non-hydrogen) atoms. The van der Waals surface area contributed by atoms with E-state index in [0.29, 0.717) is 5.56 Å². The highest BCUT2D eigenvalue weighted by atomic mass is 19.4. The fourth-order valence-electron chi connectivity index (χ4n) is 1.72. The van der Waals surface area contributed by atoms with Crippen molar-refractivity contribution in [1.82, 2.24) is 0 Å². The normalized spacial score (nSPS) is 11.8. The highest BCUT2D eigenvalue weighted by Crippen LogP contribution is 2.32. The second-order valence-corrected chi connectivity index (χ2v) is 4.57. The minimum Gasteiger partial charge on any atom is -0.494 e. The molecule has 1 aromatic carbocycles. The number of rotatable bonds is 6. The molecule has 1 aromatic rings. The number of methoxy groups -OCH3 is 3. The molecule has 0 radical (unpaired) electrons. The molecule has 0 saturated carbocycles. The maximum atomic E-state index is 13.0. The van der Waals surface area contributed by atoms with Crippen LogP contribution in [0.4, 0.5) is 18.9 Å². The molecule has 0 bridgehead atoms. The summed E-state index contributed by atoms with van der Waals surface area (Å²) in [6.45, 7) is 0. The molecular weight excluding hydrogens is 331 g/mol. The van der Waals surface area contributed by atoms with Crippen molar-refractivity contribution in [2.24, 2.45) is 4.99 Å². The van der Waals surface area contributed by atoms with E-state index in [4.69, 9.17) is 4.74 Å². The SMILES string of the molecule is COC(=O)CC(=Nc1ccc(CC(=O)OC)cc1OC)C(F)(F)F. The zero-order valence-electron chi connectivity index (χ0n) is 13.3. The number of benzene rings is 1. The highest BCUT2D eigenvalue weighted by molar-refractivity contribution is 6.03. The number of ether oxygens (including phenoxy) is 3. The number of carbonyl (C=O) groups is 2. The van der Waals surface area contributed by atoms with Crippen molar-refractivity contribution >= 4 is 23.3 Å². The largest absolute Gasteiger partial charge is 0.494 e. The molecule has 132 valence electrons. The molecule has 9 heteroatoms. The Morgan fingerprint density at radius 3 is 2.21 bits per heavy atom. The number of nitrogens with zero attached hydrogens (tertiary/aromatic N) is 1. The van der Waals surface area contributed by atoms with E-state index in [2.05, 4.69) is 14.5 Å². The predicted molar refractivity (Wildman–Crippen MR) is 78.5 cm³/mol. The maximum Gasteiger partial charge on any atom is 0.430 e. The predicted octanol–water partition coefficient (Wildman–Crippen LogP) is 2.61. The van der Waals surface area contributed by atoms with Crippen LogP contribution in [0.2, 0.25) is 0 Å². The molecule has 1 rings (SSSR count). The maximum absolute atomic E-state index is 13.0. The first-order valence-corrected chi connectivity index (χ1v) is 6.66. The van der Waals surface area contributed by atoms with Gasteiger partial charge in [0.2, 0.25) is 0 Å². The van der Waals surface area contributed by atoms with E-state index in [1.807, 2.05) is 0 Å². The Hall–Kier alpha value is -2.58. The third kappa shape index (κ3) is 5.56. The van der Waals surface area contributed by atoms with Crippen LogP contribution in [-0.2, 0) is 25.5 Å². The molecule has 0 N–H and O–H groups in total. The van der Waals surface area contributed by atoms with Crippen LogP contribution in [0.3, 0.4) is 0 Å². The molecule has 0 aliphatic rings. The summed E-state index contributed by atoms with van der Waals surface area (Å²) in [4.78, 5) is 25.9. The van der Waals surface area contributed by atoms with Crippen LogP contribution < -0.4 is 4.74 Å². The van der Waals surface area contributed by atoms with Gasteiger partial charge in [0.25, 0.3) is 0 Å². The minimum absolute atomic E-state index is 0.0306. The van der Waals surface area contributed by atoms with Gasteiger partial charge in [0.15, 0.2) is 0 Å². The molecule has 6 nitrogen and oxygen atoms in total. The summed E-state index contributed by atoms with van der Waals surface area (Å²) in [7, 11) is 3.46. The summed E-state index contributed by atoms with van der Waals surface area (Å²) in [6, 6.07) is 4.06. The second-order valence-electron chi connectivity index (χ2n) is 4.57. The van der Waals surface area contributed by atoms with Crippen LogP contribution in [0.1, 0.15) is 12.0 Å². The van der Waals surface area contributed by atoms with E-state index in [0.717, 1.165) is 7.11 Å². The van der Waals surface area contributed by atoms with Gasteiger partial charge in [-0.15, -0.1) is 0 Å². The van der Waals surface area contributed by atoms with E-state index < -0.39 is 30.2 Å². The molecule has 0 aromatic heterocycles. The molecule has 0 fully saturated rings. The van der Waals surface area contributed by atoms with Crippen molar-refractivity contribution in [3.63, 3.8) is 0 Å². The van der Waals surface area contributed by atoms with Gasteiger partial charge in [-0.2, -0.15) is 13.2 Å². The number of halogens is 3. The van der Waals surface area contributed by atoms with E-state index in [1.54, 1.807) is 0 Å². The van der Waals surface area contributed by atoms with Crippen LogP contribution in [0.25, 0.3) is 0 Å². The third-order valence-electron chi connectivity index (χ3n) is 2.94. The number of carbonyl (C=O) groups excluding carboxylic acids is 2. The Morgan fingerprint density at radius 2 is 1.71 bits per heavy atom. The van der Waals surface area contributed by atoms with Crippen molar-refractivity contribution in [2.75, 3.05) is 21.3 Å². The topological polar surface area (TPSA) is 74.2 Å². The summed E-state index contributed by atoms with van der Waals surface area (Å²) in [5.41, 5.74) is -0.949. The lowest BCUT2D eigenvalue weighted by atomic mass is 10.1. The Morgan fingerprint density at radius 1 is 1.08 bits per heavy atom. The summed E-state index contributed by atoms with van der Waals surface area (Å²) in [5.74, 6) is -1.54. The van der Waals surface area contributed by atoms with Crippen LogP contribution >= 0.6 is 0 Å². The van der Waals surface area contributed by atoms with Gasteiger partial charge in [-0.3, -0.25) is 9.59 Å². The molecule has 0 heterocycles. The van der Waals surface area contributed by atoms with E-state index in [9.17, 15) is 22.8 Å². The van der Waals surface area contributed by atoms with Crippen LogP contribution in [0.15, 0.2) is 23.2 Å². The van der Waals surface area contributed by atoms with Gasteiger partial charge in [-0.05, 0) is 17.7 Å². The summed E-state index contributed by atoms with van der Waals surface area (Å²) in [6.07, 6.45) is -5.89. The molecular formula is C15H16F3NO5. The first-order valence-electron chi connectivity index (χ1n) is 6.66. The Labute approximate surface area is 136 Å². The molecule has 0 amide bonds. The van der Waals surface area contributed by atoms with Gasteiger partial charge in [-0.1, -0.05) is 6.07 Å². The highest BCUT2D eigenvalue weighted by Gasteiger charge is 2.37. The molecule has 0 atom stereocenters. The van der Waals surface area contributed by atoms with Gasteiger partial charge >= 0.3 is 18.1 Å². The monoisotopic (exact) mass is 347 g/mol. The van der Waals surface area contributed by atoms with Crippen LogP contribution in [0, 0.1) is 0 Å². The average molecular weight is 347 g/mol. The second kappa shape index (κ2) is 8.32. The van der Waals surface area contributed by atoms with E-state index in [1.165, 1.54) is 32.4 Å². The number of hydrogen-bond acceptors (Lipinski definition) is 6. The average Bonchev–Trinajstić information content (AvgIpc) is 2.53. The lowest BCUT2D eigenvalue weighted by Gasteiger charge is -2.12. The quantitative estimate of drug-likeness (QED) is 0.584. The van der Waals surface area contributed by atoms with Gasteiger partial charge in [0.05, 0.1) is 34.2 Å². The number of aliphatic imine (C=N–C) groups is 1. The van der Waals surface area contributed by atoms with Crippen LogP contribution in [0.5, 0.6) is 5.75 Å². The smallest absolute Gasteiger partial charge is 0.430 e. The van der Waals surface area contributed by atoms with Gasteiger partial charge in [0.1, 0.15) is 17.1 Å². The third-order valence-corrected chi connectivity index (χ3v) is 2.94.